The summed E-state index contributed by atoms with van der Waals surface area (Å²) >= 11 is 0. The minimum Gasteiger partial charge on any atom is -0.327 e. The van der Waals surface area contributed by atoms with Crippen LogP contribution in [0.1, 0.15) is 18.5 Å². The van der Waals surface area contributed by atoms with Crippen LogP contribution in [0.4, 0.5) is 15.3 Å². The quantitative estimate of drug-likeness (QED) is 0.438. The Labute approximate surface area is 184 Å². The number of anilines is 1. The first kappa shape index (κ1) is 19.5. The van der Waals surface area contributed by atoms with Gasteiger partial charge in [-0.2, -0.15) is 5.10 Å². The Morgan fingerprint density at radius 2 is 1.94 bits per heavy atom. The molecular weight excluding hydrogens is 404 g/mol. The summed E-state index contributed by atoms with van der Waals surface area (Å²) in [6.07, 6.45) is 5.28. The lowest BCUT2D eigenvalue weighted by Crippen LogP contribution is -2.48. The van der Waals surface area contributed by atoms with Crippen molar-refractivity contribution in [1.29, 1.82) is 0 Å². The minimum absolute atomic E-state index is 0.327. The maximum atomic E-state index is 12.8. The van der Waals surface area contributed by atoms with Crippen molar-refractivity contribution < 1.29 is 9.59 Å². The van der Waals surface area contributed by atoms with Gasteiger partial charge in [0.1, 0.15) is 0 Å². The first-order chi connectivity index (χ1) is 15.6. The number of benzene rings is 2. The van der Waals surface area contributed by atoms with Crippen molar-refractivity contribution in [2.75, 3.05) is 5.32 Å². The SMILES string of the molecule is CC1=CC(c2ccc(-c3ccccn3)cc2)NC(=O)N1C(=O)Nc1ccc2[nH]ncc2c1. The van der Waals surface area contributed by atoms with Crippen molar-refractivity contribution in [3.8, 4) is 11.3 Å². The molecule has 1 atom stereocenters. The Hall–Kier alpha value is -4.46. The van der Waals surface area contributed by atoms with Gasteiger partial charge in [0.2, 0.25) is 0 Å². The average Bonchev–Trinajstić information content (AvgIpc) is 3.27. The van der Waals surface area contributed by atoms with Crippen LogP contribution in [0.3, 0.4) is 0 Å². The van der Waals surface area contributed by atoms with E-state index in [1.54, 1.807) is 31.5 Å². The minimum atomic E-state index is -0.525. The van der Waals surface area contributed by atoms with E-state index in [0.717, 1.165) is 32.6 Å². The topological polar surface area (TPSA) is 103 Å². The Bertz CT molecular complexity index is 1330. The van der Waals surface area contributed by atoms with E-state index in [1.165, 1.54) is 0 Å². The molecule has 158 valence electrons. The average molecular weight is 424 g/mol. The molecule has 0 aliphatic carbocycles. The lowest BCUT2D eigenvalue weighted by atomic mass is 10.0. The van der Waals surface area contributed by atoms with Gasteiger partial charge in [-0.15, -0.1) is 0 Å². The van der Waals surface area contributed by atoms with E-state index < -0.39 is 12.1 Å². The zero-order valence-electron chi connectivity index (χ0n) is 17.2. The maximum absolute atomic E-state index is 12.8. The van der Waals surface area contributed by atoms with Crippen LogP contribution in [0.25, 0.3) is 22.2 Å². The van der Waals surface area contributed by atoms with E-state index in [9.17, 15) is 9.59 Å². The van der Waals surface area contributed by atoms with E-state index in [0.29, 0.717) is 11.4 Å². The predicted octanol–water partition coefficient (Wildman–Crippen LogP) is 4.83. The third-order valence-corrected chi connectivity index (χ3v) is 5.37. The van der Waals surface area contributed by atoms with Crippen LogP contribution in [0.2, 0.25) is 0 Å². The molecule has 8 heteroatoms. The van der Waals surface area contributed by atoms with Crippen LogP contribution in [-0.2, 0) is 0 Å². The molecule has 1 aliphatic heterocycles. The van der Waals surface area contributed by atoms with Gasteiger partial charge in [-0.3, -0.25) is 10.1 Å². The van der Waals surface area contributed by atoms with Crippen LogP contribution in [0.5, 0.6) is 0 Å². The molecule has 0 saturated carbocycles. The second-order valence-electron chi connectivity index (χ2n) is 7.51. The number of nitrogens with zero attached hydrogens (tertiary/aromatic N) is 3. The number of nitrogens with one attached hydrogen (secondary N) is 3. The predicted molar refractivity (Wildman–Crippen MR) is 122 cm³/mol. The summed E-state index contributed by atoms with van der Waals surface area (Å²) in [7, 11) is 0. The number of allylic oxidation sites excluding steroid dienone is 1. The third-order valence-electron chi connectivity index (χ3n) is 5.37. The molecule has 3 N–H and O–H groups in total. The molecule has 0 saturated heterocycles. The highest BCUT2D eigenvalue weighted by atomic mass is 16.2. The van der Waals surface area contributed by atoms with Gasteiger partial charge < -0.3 is 10.6 Å². The first-order valence-corrected chi connectivity index (χ1v) is 10.1. The van der Waals surface area contributed by atoms with Crippen LogP contribution >= 0.6 is 0 Å². The van der Waals surface area contributed by atoms with Gasteiger partial charge in [0.25, 0.3) is 0 Å². The van der Waals surface area contributed by atoms with Crippen molar-refractivity contribution in [3.05, 3.63) is 90.4 Å². The second-order valence-corrected chi connectivity index (χ2v) is 7.51. The van der Waals surface area contributed by atoms with E-state index in [1.807, 2.05) is 54.6 Å². The summed E-state index contributed by atoms with van der Waals surface area (Å²) in [5.74, 6) is 0. The molecule has 4 aromatic rings. The summed E-state index contributed by atoms with van der Waals surface area (Å²) < 4.78 is 0. The smallest absolute Gasteiger partial charge is 0.327 e. The van der Waals surface area contributed by atoms with Crippen molar-refractivity contribution in [1.82, 2.24) is 25.4 Å². The summed E-state index contributed by atoms with van der Waals surface area (Å²) in [5, 5.41) is 13.4. The van der Waals surface area contributed by atoms with Crippen molar-refractivity contribution in [3.63, 3.8) is 0 Å². The molecule has 32 heavy (non-hydrogen) atoms. The Kier molecular flexibility index (Phi) is 4.87. The molecule has 0 radical (unpaired) electrons. The fraction of sp³-hybridized carbons (Fsp3) is 0.0833. The maximum Gasteiger partial charge on any atom is 0.334 e. The second kappa shape index (κ2) is 7.99. The molecule has 5 rings (SSSR count). The molecule has 2 aromatic heterocycles. The Morgan fingerprint density at radius 1 is 1.09 bits per heavy atom. The number of amides is 4. The van der Waals surface area contributed by atoms with E-state index in [-0.39, 0.29) is 6.04 Å². The number of pyridine rings is 1. The molecule has 2 aromatic carbocycles. The Morgan fingerprint density at radius 3 is 2.69 bits per heavy atom. The Balaban J connectivity index is 1.33. The van der Waals surface area contributed by atoms with E-state index >= 15 is 0 Å². The van der Waals surface area contributed by atoms with Crippen LogP contribution in [-0.4, -0.2) is 32.1 Å². The lowest BCUT2D eigenvalue weighted by molar-refractivity contribution is 0.199. The van der Waals surface area contributed by atoms with Gasteiger partial charge >= 0.3 is 12.1 Å². The van der Waals surface area contributed by atoms with Gasteiger partial charge in [-0.1, -0.05) is 30.3 Å². The van der Waals surface area contributed by atoms with Gasteiger partial charge in [0.05, 0.1) is 23.4 Å². The lowest BCUT2D eigenvalue weighted by Gasteiger charge is -2.30. The van der Waals surface area contributed by atoms with Crippen LogP contribution in [0, 0.1) is 0 Å². The first-order valence-electron chi connectivity index (χ1n) is 10.1. The van der Waals surface area contributed by atoms with Crippen molar-refractivity contribution in [2.24, 2.45) is 0 Å². The molecule has 1 unspecified atom stereocenters. The highest BCUT2D eigenvalue weighted by Gasteiger charge is 2.30. The van der Waals surface area contributed by atoms with Gasteiger partial charge in [0.15, 0.2) is 0 Å². The van der Waals surface area contributed by atoms with Gasteiger partial charge in [-0.05, 0) is 48.9 Å². The van der Waals surface area contributed by atoms with Gasteiger partial charge in [-0.25, -0.2) is 14.5 Å². The molecule has 3 heterocycles. The zero-order chi connectivity index (χ0) is 22.1. The summed E-state index contributed by atoms with van der Waals surface area (Å²) in [6.45, 7) is 1.74. The van der Waals surface area contributed by atoms with E-state index in [2.05, 4.69) is 25.8 Å². The number of carbonyl (C=O) groups is 2. The number of aromatic nitrogens is 3. The fourth-order valence-corrected chi connectivity index (χ4v) is 3.74. The largest absolute Gasteiger partial charge is 0.334 e. The van der Waals surface area contributed by atoms with Crippen molar-refractivity contribution >= 4 is 28.7 Å². The number of hydrogen-bond acceptors (Lipinski definition) is 4. The molecule has 0 spiro atoms. The third kappa shape index (κ3) is 3.69. The molecule has 0 bridgehead atoms. The monoisotopic (exact) mass is 424 g/mol. The summed E-state index contributed by atoms with van der Waals surface area (Å²) in [5.41, 5.74) is 4.79. The number of H-pyrrole nitrogens is 1. The van der Waals surface area contributed by atoms with Gasteiger partial charge in [0, 0.05) is 28.5 Å². The number of fused-ring (bicyclic) bond motifs is 1. The fourth-order valence-electron chi connectivity index (χ4n) is 3.74. The molecular formula is C24H20N6O2. The number of hydrogen-bond donors (Lipinski definition) is 3. The molecule has 8 nitrogen and oxygen atoms in total. The number of imide groups is 1. The number of aromatic amines is 1. The molecule has 0 fully saturated rings. The van der Waals surface area contributed by atoms with Crippen LogP contribution < -0.4 is 10.6 Å². The van der Waals surface area contributed by atoms with Crippen LogP contribution in [0.15, 0.2) is 84.8 Å². The molecule has 4 amide bonds. The van der Waals surface area contributed by atoms with E-state index in [4.69, 9.17) is 0 Å². The zero-order valence-corrected chi connectivity index (χ0v) is 17.2. The number of carbonyl (C=O) groups excluding carboxylic acids is 2. The number of urea groups is 2. The molecule has 1 aliphatic rings. The highest BCUT2D eigenvalue weighted by Crippen LogP contribution is 2.26. The standard InChI is InChI=1S/C24H20N6O2/c1-15-12-22(17-7-5-16(6-8-17)20-4-2-3-11-25-20)28-24(32)30(15)23(31)27-19-9-10-21-18(13-19)14-26-29-21/h2-14,22H,1H3,(H,26,29)(H,27,31)(H,28,32). The normalized spacial score (nSPS) is 15.9. The van der Waals surface area contributed by atoms with Crippen molar-refractivity contribution in [2.45, 2.75) is 13.0 Å². The summed E-state index contributed by atoms with van der Waals surface area (Å²) in [6, 6.07) is 17.6. The number of rotatable bonds is 3. The highest BCUT2D eigenvalue weighted by molar-refractivity contribution is 6.03. The summed E-state index contributed by atoms with van der Waals surface area (Å²) in [4.78, 5) is 31.0.